The number of aromatic nitrogens is 1. The van der Waals surface area contributed by atoms with Crippen LogP contribution >= 0.6 is 0 Å². The summed E-state index contributed by atoms with van der Waals surface area (Å²) in [7, 11) is 0. The van der Waals surface area contributed by atoms with Crippen LogP contribution in [0.1, 0.15) is 5.56 Å². The number of hydrogen-bond donors (Lipinski definition) is 2. The van der Waals surface area contributed by atoms with Gasteiger partial charge in [-0.05, 0) is 24.1 Å². The first-order chi connectivity index (χ1) is 6.79. The molecule has 0 saturated heterocycles. The van der Waals surface area contributed by atoms with E-state index in [4.69, 9.17) is 0 Å². The molecule has 1 aromatic carbocycles. The van der Waals surface area contributed by atoms with Gasteiger partial charge < -0.3 is 11.3 Å². The molecular weight excluding hydrogens is 188 g/mol. The Hall–Kier alpha value is -1.87. The smallest absolute Gasteiger partial charge is 0.214 e. The summed E-state index contributed by atoms with van der Waals surface area (Å²) >= 11 is 0. The highest BCUT2D eigenvalue weighted by molar-refractivity contribution is 5.68. The zero-order valence-electron chi connectivity index (χ0n) is 8.64. The molecule has 0 fully saturated rings. The summed E-state index contributed by atoms with van der Waals surface area (Å²) in [6, 6.07) is 11.9. The highest BCUT2D eigenvalue weighted by Gasteiger charge is 2.04. The molecule has 3 nitrogen and oxygen atoms in total. The van der Waals surface area contributed by atoms with Crippen molar-refractivity contribution in [3.05, 3.63) is 48.2 Å². The molecule has 3 heteroatoms. The summed E-state index contributed by atoms with van der Waals surface area (Å²) in [6.07, 6.45) is 1.62. The molecule has 0 unspecified atom stereocenters. The Labute approximate surface area is 89.0 Å². The number of nitrogens with zero attached hydrogens (tertiary/aromatic N) is 1. The van der Waals surface area contributed by atoms with Gasteiger partial charge in [0, 0.05) is 11.8 Å². The van der Waals surface area contributed by atoms with Crippen LogP contribution in [0.3, 0.4) is 0 Å². The van der Waals surface area contributed by atoms with E-state index in [1.807, 2.05) is 43.3 Å². The quantitative estimate of drug-likeness (QED) is 0.747. The van der Waals surface area contributed by atoms with Gasteiger partial charge in [0.1, 0.15) is 0 Å². The predicted octanol–water partition coefficient (Wildman–Crippen LogP) is 2.92. The Balaban J connectivity index is 0.00000112. The molecule has 1 aromatic heterocycles. The molecule has 0 radical (unpaired) electrons. The van der Waals surface area contributed by atoms with Gasteiger partial charge in [-0.25, -0.2) is 4.98 Å². The van der Waals surface area contributed by atoms with Crippen molar-refractivity contribution < 1.29 is 5.11 Å². The van der Waals surface area contributed by atoms with Gasteiger partial charge in [-0.15, -0.1) is 0 Å². The lowest BCUT2D eigenvalue weighted by Gasteiger charge is -2.05. The van der Waals surface area contributed by atoms with Crippen LogP contribution in [0.25, 0.3) is 11.1 Å². The van der Waals surface area contributed by atoms with Gasteiger partial charge in [-0.1, -0.05) is 30.3 Å². The van der Waals surface area contributed by atoms with E-state index in [9.17, 15) is 5.11 Å². The fourth-order valence-electron chi connectivity index (χ4n) is 1.46. The lowest BCUT2D eigenvalue weighted by atomic mass is 10.0. The SMILES string of the molecule is Cc1c(-c2ccccc2)ccnc1O.N. The number of aromatic hydroxyl groups is 1. The van der Waals surface area contributed by atoms with Crippen LogP contribution < -0.4 is 6.15 Å². The van der Waals surface area contributed by atoms with Gasteiger partial charge in [0.2, 0.25) is 5.88 Å². The minimum absolute atomic E-state index is 0. The molecule has 0 aliphatic rings. The summed E-state index contributed by atoms with van der Waals surface area (Å²) in [6.45, 7) is 1.87. The Morgan fingerprint density at radius 3 is 2.40 bits per heavy atom. The third kappa shape index (κ3) is 2.14. The molecule has 0 amide bonds. The predicted molar refractivity (Wildman–Crippen MR) is 61.1 cm³/mol. The summed E-state index contributed by atoms with van der Waals surface area (Å²) < 4.78 is 0. The highest BCUT2D eigenvalue weighted by atomic mass is 16.3. The molecule has 0 saturated carbocycles. The lowest BCUT2D eigenvalue weighted by Crippen LogP contribution is -1.85. The topological polar surface area (TPSA) is 68.1 Å². The van der Waals surface area contributed by atoms with Crippen LogP contribution in [0.2, 0.25) is 0 Å². The van der Waals surface area contributed by atoms with E-state index in [0.717, 1.165) is 16.7 Å². The molecule has 78 valence electrons. The largest absolute Gasteiger partial charge is 0.493 e. The summed E-state index contributed by atoms with van der Waals surface area (Å²) in [5, 5.41) is 9.45. The summed E-state index contributed by atoms with van der Waals surface area (Å²) in [4.78, 5) is 3.82. The van der Waals surface area contributed by atoms with E-state index in [1.54, 1.807) is 6.20 Å². The van der Waals surface area contributed by atoms with Crippen molar-refractivity contribution >= 4 is 0 Å². The van der Waals surface area contributed by atoms with Crippen molar-refractivity contribution in [1.29, 1.82) is 0 Å². The van der Waals surface area contributed by atoms with Crippen molar-refractivity contribution in [3.8, 4) is 17.0 Å². The Bertz CT molecular complexity index is 441. The molecule has 15 heavy (non-hydrogen) atoms. The van der Waals surface area contributed by atoms with Crippen LogP contribution in [0.4, 0.5) is 0 Å². The van der Waals surface area contributed by atoms with Crippen LogP contribution in [-0.2, 0) is 0 Å². The number of hydrogen-bond acceptors (Lipinski definition) is 3. The van der Waals surface area contributed by atoms with E-state index in [0.29, 0.717) is 0 Å². The van der Waals surface area contributed by atoms with E-state index >= 15 is 0 Å². The zero-order chi connectivity index (χ0) is 9.97. The minimum atomic E-state index is 0. The Morgan fingerprint density at radius 2 is 1.73 bits per heavy atom. The summed E-state index contributed by atoms with van der Waals surface area (Å²) in [5.41, 5.74) is 2.94. The standard InChI is InChI=1S/C12H11NO.H3N/c1-9-11(7-8-13-12(9)14)10-5-3-2-4-6-10;/h2-8H,1H3,(H,13,14);1H3. The zero-order valence-corrected chi connectivity index (χ0v) is 8.64. The van der Waals surface area contributed by atoms with Crippen molar-refractivity contribution in [3.63, 3.8) is 0 Å². The number of benzene rings is 1. The molecule has 2 rings (SSSR count). The van der Waals surface area contributed by atoms with E-state index in [-0.39, 0.29) is 12.0 Å². The second-order valence-electron chi connectivity index (χ2n) is 3.17. The number of pyridine rings is 1. The molecule has 0 atom stereocenters. The van der Waals surface area contributed by atoms with Crippen molar-refractivity contribution in [1.82, 2.24) is 11.1 Å². The van der Waals surface area contributed by atoms with Crippen molar-refractivity contribution in [2.24, 2.45) is 0 Å². The molecule has 2 aromatic rings. The normalized spacial score (nSPS) is 9.40. The average Bonchev–Trinajstić information content (AvgIpc) is 2.23. The van der Waals surface area contributed by atoms with Crippen LogP contribution in [0.5, 0.6) is 5.88 Å². The van der Waals surface area contributed by atoms with Crippen molar-refractivity contribution in [2.75, 3.05) is 0 Å². The second-order valence-corrected chi connectivity index (χ2v) is 3.17. The number of rotatable bonds is 1. The van der Waals surface area contributed by atoms with Crippen LogP contribution in [0, 0.1) is 6.92 Å². The maximum absolute atomic E-state index is 9.45. The monoisotopic (exact) mass is 202 g/mol. The van der Waals surface area contributed by atoms with Crippen molar-refractivity contribution in [2.45, 2.75) is 6.92 Å². The maximum Gasteiger partial charge on any atom is 0.214 e. The highest BCUT2D eigenvalue weighted by Crippen LogP contribution is 2.26. The lowest BCUT2D eigenvalue weighted by molar-refractivity contribution is 0.449. The van der Waals surface area contributed by atoms with Gasteiger partial charge >= 0.3 is 0 Å². The maximum atomic E-state index is 9.45. The van der Waals surface area contributed by atoms with Gasteiger partial charge in [-0.3, -0.25) is 0 Å². The Kier molecular flexibility index (Phi) is 3.42. The average molecular weight is 202 g/mol. The molecule has 0 bridgehead atoms. The van der Waals surface area contributed by atoms with E-state index in [1.165, 1.54) is 0 Å². The molecule has 4 N–H and O–H groups in total. The molecular formula is C12H14N2O. The first-order valence-electron chi connectivity index (χ1n) is 4.49. The van der Waals surface area contributed by atoms with Gasteiger partial charge in [0.25, 0.3) is 0 Å². The van der Waals surface area contributed by atoms with Gasteiger partial charge in [-0.2, -0.15) is 0 Å². The first kappa shape index (κ1) is 11.2. The fourth-order valence-corrected chi connectivity index (χ4v) is 1.46. The fraction of sp³-hybridized carbons (Fsp3) is 0.0833. The summed E-state index contributed by atoms with van der Waals surface area (Å²) in [5.74, 6) is 0.103. The van der Waals surface area contributed by atoms with Crippen LogP contribution in [-0.4, -0.2) is 10.1 Å². The minimum Gasteiger partial charge on any atom is -0.493 e. The molecule has 0 aliphatic carbocycles. The first-order valence-corrected chi connectivity index (χ1v) is 4.49. The molecule has 0 spiro atoms. The second kappa shape index (κ2) is 4.57. The van der Waals surface area contributed by atoms with E-state index < -0.39 is 0 Å². The van der Waals surface area contributed by atoms with E-state index in [2.05, 4.69) is 4.98 Å². The third-order valence-electron chi connectivity index (χ3n) is 2.26. The van der Waals surface area contributed by atoms with Gasteiger partial charge in [0.05, 0.1) is 0 Å². The third-order valence-corrected chi connectivity index (χ3v) is 2.26. The molecule has 0 aliphatic heterocycles. The van der Waals surface area contributed by atoms with Gasteiger partial charge in [0.15, 0.2) is 0 Å². The van der Waals surface area contributed by atoms with Crippen LogP contribution in [0.15, 0.2) is 42.6 Å². The Morgan fingerprint density at radius 1 is 1.07 bits per heavy atom. The molecule has 1 heterocycles.